The summed E-state index contributed by atoms with van der Waals surface area (Å²) in [4.78, 5) is 26.8. The Morgan fingerprint density at radius 3 is 1.59 bits per heavy atom. The lowest BCUT2D eigenvalue weighted by atomic mass is 9.54. The summed E-state index contributed by atoms with van der Waals surface area (Å²) in [5, 5.41) is 0.452. The van der Waals surface area contributed by atoms with E-state index in [0.717, 1.165) is 22.3 Å². The van der Waals surface area contributed by atoms with Gasteiger partial charge in [0, 0.05) is 4.47 Å². The van der Waals surface area contributed by atoms with Crippen molar-refractivity contribution >= 4 is 68.2 Å². The van der Waals surface area contributed by atoms with Crippen LogP contribution in [0.3, 0.4) is 0 Å². The summed E-state index contributed by atoms with van der Waals surface area (Å²) >= 11 is 24.7. The summed E-state index contributed by atoms with van der Waals surface area (Å²) < 4.78 is 0.694. The van der Waals surface area contributed by atoms with E-state index < -0.39 is 21.6 Å². The molecule has 3 nitrogen and oxygen atoms in total. The number of benzene rings is 3. The zero-order valence-corrected chi connectivity index (χ0v) is 20.6. The van der Waals surface area contributed by atoms with Gasteiger partial charge in [-0.15, -0.1) is 23.2 Å². The van der Waals surface area contributed by atoms with Crippen molar-refractivity contribution in [2.24, 2.45) is 11.8 Å². The smallest absolute Gasteiger partial charge is 0.240 e. The van der Waals surface area contributed by atoms with Gasteiger partial charge in [0.25, 0.3) is 0 Å². The summed E-state index contributed by atoms with van der Waals surface area (Å²) in [7, 11) is 0. The van der Waals surface area contributed by atoms with Crippen molar-refractivity contribution in [3.05, 3.63) is 98.0 Å². The van der Waals surface area contributed by atoms with E-state index in [1.54, 1.807) is 19.1 Å². The number of anilines is 1. The molecule has 3 aromatic rings. The first kappa shape index (κ1) is 20.7. The van der Waals surface area contributed by atoms with Crippen LogP contribution in [-0.2, 0) is 19.3 Å². The van der Waals surface area contributed by atoms with E-state index in [9.17, 15) is 9.59 Å². The minimum absolute atomic E-state index is 0.356. The Kier molecular flexibility index (Phi) is 4.28. The highest BCUT2D eigenvalue weighted by atomic mass is 79.9. The van der Waals surface area contributed by atoms with Crippen LogP contribution in [0.2, 0.25) is 5.02 Å². The first-order chi connectivity index (χ1) is 15.2. The number of nitrogens with zero attached hydrogens (tertiary/aromatic N) is 1. The molecule has 0 unspecified atom stereocenters. The summed E-state index contributed by atoms with van der Waals surface area (Å²) in [5.74, 6) is -2.38. The van der Waals surface area contributed by atoms with Crippen molar-refractivity contribution in [1.82, 2.24) is 0 Å². The molecule has 4 aliphatic rings. The highest BCUT2D eigenvalue weighted by Gasteiger charge is 2.73. The number of carbonyl (C=O) groups excluding carboxylic acids is 2. The predicted octanol–water partition coefficient (Wildman–Crippen LogP) is 6.51. The summed E-state index contributed by atoms with van der Waals surface area (Å²) in [6.07, 6.45) is 0. The summed E-state index contributed by atoms with van der Waals surface area (Å²) in [5.41, 5.74) is 4.22. The van der Waals surface area contributed by atoms with Crippen LogP contribution >= 0.6 is 50.7 Å². The molecule has 2 bridgehead atoms. The molecule has 0 N–H and O–H groups in total. The minimum Gasteiger partial charge on any atom is -0.274 e. The predicted molar refractivity (Wildman–Crippen MR) is 130 cm³/mol. The number of hydrogen-bond acceptors (Lipinski definition) is 2. The molecule has 3 aromatic carbocycles. The van der Waals surface area contributed by atoms with Crippen LogP contribution in [0.4, 0.5) is 5.69 Å². The molecule has 3 aliphatic carbocycles. The van der Waals surface area contributed by atoms with Crippen LogP contribution in [0, 0.1) is 18.8 Å². The van der Waals surface area contributed by atoms with Gasteiger partial charge in [0.2, 0.25) is 11.8 Å². The first-order valence-corrected chi connectivity index (χ1v) is 12.1. The lowest BCUT2D eigenvalue weighted by molar-refractivity contribution is -0.122. The van der Waals surface area contributed by atoms with Gasteiger partial charge < -0.3 is 0 Å². The third-order valence-electron chi connectivity index (χ3n) is 7.14. The van der Waals surface area contributed by atoms with Gasteiger partial charge in [0.15, 0.2) is 0 Å². The number of imide groups is 1. The van der Waals surface area contributed by atoms with Gasteiger partial charge in [0.1, 0.15) is 9.75 Å². The van der Waals surface area contributed by atoms with Crippen molar-refractivity contribution in [1.29, 1.82) is 0 Å². The van der Waals surface area contributed by atoms with Crippen molar-refractivity contribution in [3.63, 3.8) is 0 Å². The number of amides is 2. The van der Waals surface area contributed by atoms with E-state index in [4.69, 9.17) is 34.8 Å². The normalized spacial score (nSPS) is 29.7. The van der Waals surface area contributed by atoms with Gasteiger partial charge in [-0.25, -0.2) is 4.90 Å². The Morgan fingerprint density at radius 2 is 1.19 bits per heavy atom. The fourth-order valence-corrected chi connectivity index (χ4v) is 7.48. The maximum Gasteiger partial charge on any atom is 0.240 e. The third kappa shape index (κ3) is 2.20. The lowest BCUT2D eigenvalue weighted by Crippen LogP contribution is -2.57. The molecule has 0 spiro atoms. The van der Waals surface area contributed by atoms with Crippen LogP contribution in [0.15, 0.2) is 65.1 Å². The van der Waals surface area contributed by atoms with Gasteiger partial charge in [-0.1, -0.05) is 60.1 Å². The Labute approximate surface area is 208 Å². The molecule has 160 valence electrons. The van der Waals surface area contributed by atoms with Crippen LogP contribution in [0.5, 0.6) is 0 Å². The highest BCUT2D eigenvalue weighted by molar-refractivity contribution is 9.10. The van der Waals surface area contributed by atoms with Crippen LogP contribution in [0.25, 0.3) is 0 Å². The Bertz CT molecular complexity index is 1250. The molecule has 1 fully saturated rings. The standard InChI is InChI=1S/C25H15BrCl3NO2/c1-12-18(11-10-17(26)21(12)27)30-22(31)19-20(23(30)32)25(29)14-7-3-2-6-13(14)24(19,28)15-8-4-5-9-16(15)25/h2-11,19-20H,1H3/t19-,20+,24?,25?. The molecule has 0 saturated carbocycles. The molecule has 0 radical (unpaired) electrons. The monoisotopic (exact) mass is 545 g/mol. The second-order valence-electron chi connectivity index (χ2n) is 8.49. The van der Waals surface area contributed by atoms with Crippen molar-refractivity contribution < 1.29 is 9.59 Å². The zero-order chi connectivity index (χ0) is 22.6. The lowest BCUT2D eigenvalue weighted by Gasteiger charge is -2.54. The zero-order valence-electron chi connectivity index (χ0n) is 16.7. The number of hydrogen-bond donors (Lipinski definition) is 0. The number of alkyl halides is 2. The molecule has 2 atom stereocenters. The average Bonchev–Trinajstić information content (AvgIpc) is 3.07. The molecule has 7 heteroatoms. The van der Waals surface area contributed by atoms with E-state index >= 15 is 0 Å². The quantitative estimate of drug-likeness (QED) is 0.257. The molecule has 0 aromatic heterocycles. The molecule has 1 aliphatic heterocycles. The Hall–Kier alpha value is -1.85. The minimum atomic E-state index is -1.19. The van der Waals surface area contributed by atoms with Gasteiger partial charge in [0.05, 0.1) is 22.5 Å². The van der Waals surface area contributed by atoms with E-state index in [2.05, 4.69) is 15.9 Å². The van der Waals surface area contributed by atoms with Gasteiger partial charge in [-0.2, -0.15) is 0 Å². The maximum atomic E-state index is 14.0. The average molecular weight is 548 g/mol. The fourth-order valence-electron chi connectivity index (χ4n) is 5.79. The number of carbonyl (C=O) groups is 2. The van der Waals surface area contributed by atoms with Gasteiger partial charge in [-0.3, -0.25) is 9.59 Å². The molecular formula is C25H15BrCl3NO2. The first-order valence-electron chi connectivity index (χ1n) is 10.1. The topological polar surface area (TPSA) is 37.4 Å². The molecule has 32 heavy (non-hydrogen) atoms. The van der Waals surface area contributed by atoms with E-state index in [1.165, 1.54) is 4.90 Å². The molecule has 1 heterocycles. The van der Waals surface area contributed by atoms with Crippen LogP contribution < -0.4 is 4.90 Å². The molecule has 7 rings (SSSR count). The van der Waals surface area contributed by atoms with Gasteiger partial charge in [-0.05, 0) is 62.8 Å². The Morgan fingerprint density at radius 1 is 0.781 bits per heavy atom. The van der Waals surface area contributed by atoms with Gasteiger partial charge >= 0.3 is 0 Å². The molecular weight excluding hydrogens is 533 g/mol. The van der Waals surface area contributed by atoms with Crippen LogP contribution in [-0.4, -0.2) is 11.8 Å². The Balaban J connectivity index is 1.65. The summed E-state index contributed by atoms with van der Waals surface area (Å²) in [6.45, 7) is 1.79. The second kappa shape index (κ2) is 6.60. The van der Waals surface area contributed by atoms with Crippen molar-refractivity contribution in [2.45, 2.75) is 16.7 Å². The molecule has 2 amide bonds. The SMILES string of the molecule is Cc1c(N2C(=O)[C@@H]3[C@H](C2=O)C2(Cl)c4ccccc4C3(Cl)c3ccccc32)ccc(Br)c1Cl. The number of halogens is 4. The largest absolute Gasteiger partial charge is 0.274 e. The van der Waals surface area contributed by atoms with Crippen LogP contribution in [0.1, 0.15) is 27.8 Å². The van der Waals surface area contributed by atoms with Crippen molar-refractivity contribution in [2.75, 3.05) is 4.90 Å². The molecule has 1 saturated heterocycles. The highest BCUT2D eigenvalue weighted by Crippen LogP contribution is 2.69. The summed E-state index contributed by atoms with van der Waals surface area (Å²) in [6, 6.07) is 18.7. The third-order valence-corrected chi connectivity index (χ3v) is 9.80. The fraction of sp³-hybridized carbons (Fsp3) is 0.200. The maximum absolute atomic E-state index is 14.0. The number of rotatable bonds is 1. The van der Waals surface area contributed by atoms with E-state index in [0.29, 0.717) is 20.7 Å². The van der Waals surface area contributed by atoms with Crippen molar-refractivity contribution in [3.8, 4) is 0 Å². The second-order valence-corrected chi connectivity index (χ2v) is 10.9. The van der Waals surface area contributed by atoms with E-state index in [-0.39, 0.29) is 11.8 Å². The van der Waals surface area contributed by atoms with E-state index in [1.807, 2.05) is 48.5 Å².